The highest BCUT2D eigenvalue weighted by Gasteiger charge is 2.33. The van der Waals surface area contributed by atoms with Crippen LogP contribution in [-0.2, 0) is 16.1 Å². The molecule has 8 nitrogen and oxygen atoms in total. The van der Waals surface area contributed by atoms with Crippen molar-refractivity contribution < 1.29 is 9.53 Å². The maximum atomic E-state index is 13.8. The van der Waals surface area contributed by atoms with Gasteiger partial charge in [0, 0.05) is 58.7 Å². The summed E-state index contributed by atoms with van der Waals surface area (Å²) >= 11 is 6.75. The fraction of sp³-hybridized carbons (Fsp3) is 0.379. The quantitative estimate of drug-likeness (QED) is 0.220. The van der Waals surface area contributed by atoms with Gasteiger partial charge in [-0.25, -0.2) is 4.98 Å². The van der Waals surface area contributed by atoms with Gasteiger partial charge < -0.3 is 9.64 Å². The van der Waals surface area contributed by atoms with Gasteiger partial charge in [0.15, 0.2) is 0 Å². The number of piperazine rings is 1. The number of pyridine rings is 1. The molecule has 4 heterocycles. The van der Waals surface area contributed by atoms with Crippen LogP contribution in [0.2, 0.25) is 0 Å². The molecule has 0 bridgehead atoms. The van der Waals surface area contributed by atoms with Crippen molar-refractivity contribution in [1.82, 2.24) is 19.2 Å². The molecule has 2 fully saturated rings. The number of thioether (sulfide) groups is 1. The lowest BCUT2D eigenvalue weighted by atomic mass is 10.2. The van der Waals surface area contributed by atoms with Gasteiger partial charge in [-0.15, -0.1) is 0 Å². The molecule has 204 valence electrons. The Balaban J connectivity index is 1.43. The zero-order chi connectivity index (χ0) is 27.4. The van der Waals surface area contributed by atoms with Crippen molar-refractivity contribution in [3.63, 3.8) is 0 Å². The maximum Gasteiger partial charge on any atom is 0.267 e. The predicted octanol–water partition coefficient (Wildman–Crippen LogP) is 3.95. The van der Waals surface area contributed by atoms with Crippen LogP contribution in [-0.4, -0.2) is 75.3 Å². The summed E-state index contributed by atoms with van der Waals surface area (Å²) in [5, 5.41) is 0. The third kappa shape index (κ3) is 6.24. The number of benzene rings is 1. The Kier molecular flexibility index (Phi) is 8.76. The number of ether oxygens (including phenoxy) is 1. The zero-order valence-corrected chi connectivity index (χ0v) is 24.0. The molecule has 0 N–H and O–H groups in total. The lowest BCUT2D eigenvalue weighted by Crippen LogP contribution is -2.47. The molecule has 2 aliphatic rings. The summed E-state index contributed by atoms with van der Waals surface area (Å²) in [6.07, 6.45) is 4.19. The third-order valence-electron chi connectivity index (χ3n) is 6.93. The second-order valence-corrected chi connectivity index (χ2v) is 11.4. The molecule has 2 aliphatic heterocycles. The molecule has 5 rings (SSSR count). The highest BCUT2D eigenvalue weighted by Crippen LogP contribution is 2.33. The molecule has 0 unspecified atom stereocenters. The summed E-state index contributed by atoms with van der Waals surface area (Å²) in [5.74, 6) is 0.443. The number of amides is 1. The Hall–Kier alpha value is -3.05. The van der Waals surface area contributed by atoms with E-state index in [1.807, 2.05) is 32.0 Å². The minimum atomic E-state index is -0.188. The van der Waals surface area contributed by atoms with E-state index in [1.54, 1.807) is 21.6 Å². The first-order chi connectivity index (χ1) is 18.9. The SMILES string of the molecule is CCOCCCN1C(=O)/C(=C/c2c(N3CCN(Cc4ccccc4)CC3)nc3ccc(C)cn3c2=O)SC1=S. The fourth-order valence-electron chi connectivity index (χ4n) is 4.87. The molecule has 0 saturated carbocycles. The number of thiocarbonyl (C=S) groups is 1. The minimum Gasteiger partial charge on any atom is -0.382 e. The van der Waals surface area contributed by atoms with Crippen molar-refractivity contribution in [2.24, 2.45) is 0 Å². The fourth-order valence-corrected chi connectivity index (χ4v) is 6.16. The number of carbonyl (C=O) groups excluding carboxylic acids is 1. The van der Waals surface area contributed by atoms with Crippen LogP contribution < -0.4 is 10.5 Å². The van der Waals surface area contributed by atoms with E-state index in [-0.39, 0.29) is 11.5 Å². The van der Waals surface area contributed by atoms with E-state index in [0.29, 0.717) is 52.4 Å². The van der Waals surface area contributed by atoms with E-state index in [0.717, 1.165) is 38.3 Å². The first-order valence-electron chi connectivity index (χ1n) is 13.3. The summed E-state index contributed by atoms with van der Waals surface area (Å²) in [7, 11) is 0. The van der Waals surface area contributed by atoms with Gasteiger partial charge >= 0.3 is 0 Å². The normalized spacial score (nSPS) is 17.6. The van der Waals surface area contributed by atoms with Crippen LogP contribution in [0.5, 0.6) is 0 Å². The van der Waals surface area contributed by atoms with E-state index in [9.17, 15) is 9.59 Å². The molecule has 10 heteroatoms. The van der Waals surface area contributed by atoms with Gasteiger partial charge in [0.1, 0.15) is 15.8 Å². The van der Waals surface area contributed by atoms with Gasteiger partial charge in [-0.05, 0) is 43.5 Å². The first kappa shape index (κ1) is 27.5. The zero-order valence-electron chi connectivity index (χ0n) is 22.3. The second-order valence-electron chi connectivity index (χ2n) is 9.72. The first-order valence-corrected chi connectivity index (χ1v) is 14.5. The van der Waals surface area contributed by atoms with Crippen molar-refractivity contribution >= 4 is 51.7 Å². The van der Waals surface area contributed by atoms with Gasteiger partial charge in [-0.3, -0.25) is 23.8 Å². The summed E-state index contributed by atoms with van der Waals surface area (Å²) < 4.78 is 7.48. The Morgan fingerprint density at radius 2 is 1.85 bits per heavy atom. The monoisotopic (exact) mass is 563 g/mol. The van der Waals surface area contributed by atoms with Crippen molar-refractivity contribution in [3.8, 4) is 0 Å². The molecule has 0 spiro atoms. The number of aromatic nitrogens is 2. The van der Waals surface area contributed by atoms with Crippen LogP contribution in [0.1, 0.15) is 30.0 Å². The molecule has 2 aromatic heterocycles. The lowest BCUT2D eigenvalue weighted by Gasteiger charge is -2.36. The van der Waals surface area contributed by atoms with E-state index in [1.165, 1.54) is 17.3 Å². The number of hydrogen-bond acceptors (Lipinski definition) is 8. The van der Waals surface area contributed by atoms with Gasteiger partial charge in [0.2, 0.25) is 0 Å². The Labute approximate surface area is 238 Å². The molecule has 3 aromatic rings. The molecule has 1 aromatic carbocycles. The molecular formula is C29H33N5O3S2. The highest BCUT2D eigenvalue weighted by molar-refractivity contribution is 8.26. The largest absolute Gasteiger partial charge is 0.382 e. The Bertz CT molecular complexity index is 1450. The number of fused-ring (bicyclic) bond motifs is 1. The van der Waals surface area contributed by atoms with E-state index < -0.39 is 0 Å². The molecule has 0 radical (unpaired) electrons. The van der Waals surface area contributed by atoms with E-state index in [4.69, 9.17) is 21.9 Å². The molecule has 2 saturated heterocycles. The van der Waals surface area contributed by atoms with Crippen molar-refractivity contribution in [2.45, 2.75) is 26.8 Å². The topological polar surface area (TPSA) is 70.4 Å². The average Bonchev–Trinajstić information content (AvgIpc) is 3.21. The summed E-state index contributed by atoms with van der Waals surface area (Å²) in [4.78, 5) is 38.6. The second kappa shape index (κ2) is 12.4. The van der Waals surface area contributed by atoms with Crippen LogP contribution in [0.4, 0.5) is 5.82 Å². The average molecular weight is 564 g/mol. The number of hydrogen-bond donors (Lipinski definition) is 0. The maximum absolute atomic E-state index is 13.8. The number of nitrogens with zero attached hydrogens (tertiary/aromatic N) is 5. The van der Waals surface area contributed by atoms with Crippen LogP contribution in [0.15, 0.2) is 58.4 Å². The van der Waals surface area contributed by atoms with Gasteiger partial charge in [0.25, 0.3) is 11.5 Å². The summed E-state index contributed by atoms with van der Waals surface area (Å²) in [6, 6.07) is 14.3. The summed E-state index contributed by atoms with van der Waals surface area (Å²) in [5.41, 5.74) is 3.07. The molecule has 1 amide bonds. The van der Waals surface area contributed by atoms with Crippen molar-refractivity contribution in [1.29, 1.82) is 0 Å². The van der Waals surface area contributed by atoms with Crippen LogP contribution in [0.25, 0.3) is 11.7 Å². The number of carbonyl (C=O) groups is 1. The van der Waals surface area contributed by atoms with E-state index >= 15 is 0 Å². The minimum absolute atomic E-state index is 0.172. The van der Waals surface area contributed by atoms with Crippen LogP contribution >= 0.6 is 24.0 Å². The number of aryl methyl sites for hydroxylation is 1. The highest BCUT2D eigenvalue weighted by atomic mass is 32.2. The molecule has 0 aliphatic carbocycles. The van der Waals surface area contributed by atoms with Crippen LogP contribution in [0.3, 0.4) is 0 Å². The molecule has 39 heavy (non-hydrogen) atoms. The standard InChI is InChI=1S/C29H33N5O3S2/c1-3-37-17-7-12-33-28(36)24(39-29(33)38)18-23-26(30-25-11-10-21(2)19-34(25)27(23)35)32-15-13-31(14-16-32)20-22-8-5-4-6-9-22/h4-6,8-11,18-19H,3,7,12-17,20H2,1-2H3/b24-18-. The van der Waals surface area contributed by atoms with Crippen molar-refractivity contribution in [3.05, 3.63) is 80.6 Å². The lowest BCUT2D eigenvalue weighted by molar-refractivity contribution is -0.122. The van der Waals surface area contributed by atoms with Gasteiger partial charge in [-0.2, -0.15) is 0 Å². The smallest absolute Gasteiger partial charge is 0.267 e. The van der Waals surface area contributed by atoms with Gasteiger partial charge in [0.05, 0.1) is 10.5 Å². The Morgan fingerprint density at radius 1 is 1.08 bits per heavy atom. The van der Waals surface area contributed by atoms with E-state index in [2.05, 4.69) is 34.1 Å². The number of anilines is 1. The number of rotatable bonds is 9. The van der Waals surface area contributed by atoms with Crippen LogP contribution in [0, 0.1) is 6.92 Å². The molecular weight excluding hydrogens is 530 g/mol. The Morgan fingerprint density at radius 3 is 2.59 bits per heavy atom. The van der Waals surface area contributed by atoms with Gasteiger partial charge in [-0.1, -0.05) is 60.4 Å². The summed E-state index contributed by atoms with van der Waals surface area (Å²) in [6.45, 7) is 9.66. The van der Waals surface area contributed by atoms with Crippen molar-refractivity contribution in [2.75, 3.05) is 50.8 Å². The molecule has 0 atom stereocenters. The predicted molar refractivity (Wildman–Crippen MR) is 161 cm³/mol. The third-order valence-corrected chi connectivity index (χ3v) is 8.31.